The molecule has 30 heavy (non-hydrogen) atoms. The topological polar surface area (TPSA) is 74.0 Å². The molecule has 4 heterocycles. The van der Waals surface area contributed by atoms with E-state index in [4.69, 9.17) is 10.8 Å². The van der Waals surface area contributed by atoms with Gasteiger partial charge in [0.05, 0.1) is 22.8 Å². The fourth-order valence-corrected chi connectivity index (χ4v) is 3.94. The molecule has 0 aliphatic heterocycles. The Morgan fingerprint density at radius 3 is 2.47 bits per heavy atom. The summed E-state index contributed by atoms with van der Waals surface area (Å²) in [4.78, 5) is 8.59. The third-order valence-electron chi connectivity index (χ3n) is 5.27. The van der Waals surface area contributed by atoms with Gasteiger partial charge in [-0.05, 0) is 37.6 Å². The van der Waals surface area contributed by atoms with Crippen LogP contribution in [0.5, 0.6) is 0 Å². The quantitative estimate of drug-likeness (QED) is 0.449. The summed E-state index contributed by atoms with van der Waals surface area (Å²) in [6.45, 7) is 8.09. The molecule has 0 aliphatic carbocycles. The van der Waals surface area contributed by atoms with E-state index in [2.05, 4.69) is 76.0 Å². The Labute approximate surface area is 176 Å². The van der Waals surface area contributed by atoms with Crippen molar-refractivity contribution in [3.8, 4) is 11.3 Å². The Balaban J connectivity index is 0.00000106. The molecule has 0 spiro atoms. The Morgan fingerprint density at radius 2 is 1.70 bits per heavy atom. The number of hydrogen-bond acceptors (Lipinski definition) is 4. The average Bonchev–Trinajstić information content (AvgIpc) is 3.34. The lowest BCUT2D eigenvalue weighted by atomic mass is 10.0. The van der Waals surface area contributed by atoms with E-state index in [9.17, 15) is 0 Å². The first-order valence-corrected chi connectivity index (χ1v) is 10.3. The molecule has 2 N–H and O–H groups in total. The number of nitrogens with two attached hydrogens (primary N) is 1. The van der Waals surface area contributed by atoms with Gasteiger partial charge in [0.2, 0.25) is 0 Å². The highest BCUT2D eigenvalue weighted by Gasteiger charge is 2.22. The number of aromatic nitrogens is 5. The molecular weight excluding hydrogens is 372 g/mol. The maximum atomic E-state index is 6.08. The van der Waals surface area contributed by atoms with Gasteiger partial charge in [0.25, 0.3) is 0 Å². The van der Waals surface area contributed by atoms with Crippen LogP contribution < -0.4 is 5.73 Å². The Hall–Kier alpha value is -3.67. The lowest BCUT2D eigenvalue weighted by Crippen LogP contribution is -2.10. The van der Waals surface area contributed by atoms with Crippen molar-refractivity contribution in [2.24, 2.45) is 0 Å². The molecule has 0 fully saturated rings. The molecule has 0 saturated heterocycles. The van der Waals surface area contributed by atoms with E-state index in [-0.39, 0.29) is 6.04 Å². The van der Waals surface area contributed by atoms with E-state index in [0.29, 0.717) is 5.82 Å². The lowest BCUT2D eigenvalue weighted by molar-refractivity contribution is 0.576. The van der Waals surface area contributed by atoms with Crippen LogP contribution in [0.2, 0.25) is 0 Å². The van der Waals surface area contributed by atoms with Crippen molar-refractivity contribution >= 4 is 22.4 Å². The van der Waals surface area contributed by atoms with Gasteiger partial charge < -0.3 is 10.1 Å². The van der Waals surface area contributed by atoms with E-state index in [1.54, 1.807) is 0 Å². The molecule has 4 aromatic heterocycles. The van der Waals surface area contributed by atoms with E-state index < -0.39 is 0 Å². The maximum Gasteiger partial charge on any atom is 0.164 e. The van der Waals surface area contributed by atoms with Crippen LogP contribution >= 0.6 is 0 Å². The molecule has 5 rings (SSSR count). The van der Waals surface area contributed by atoms with Crippen molar-refractivity contribution < 1.29 is 0 Å². The average molecular weight is 399 g/mol. The standard InChI is InChI=1S/C22H20N6.C2H6/c1-14-19-21(23)24-13-25-22(19)28(26-14)15(2)18-12-17-10-6-7-11-27(17)20(18)16-8-4-3-5-9-16;1-2/h3-13,15H,1-2H3,(H2,23,24,25);1-2H3. The van der Waals surface area contributed by atoms with Gasteiger partial charge in [-0.15, -0.1) is 0 Å². The number of anilines is 1. The van der Waals surface area contributed by atoms with Gasteiger partial charge in [0.15, 0.2) is 5.65 Å². The molecule has 6 nitrogen and oxygen atoms in total. The van der Waals surface area contributed by atoms with Gasteiger partial charge in [-0.25, -0.2) is 14.6 Å². The van der Waals surface area contributed by atoms with Crippen LogP contribution in [0.25, 0.3) is 27.8 Å². The predicted octanol–water partition coefficient (Wildman–Crippen LogP) is 5.27. The van der Waals surface area contributed by atoms with E-state index >= 15 is 0 Å². The second kappa shape index (κ2) is 7.99. The van der Waals surface area contributed by atoms with E-state index in [0.717, 1.165) is 33.5 Å². The summed E-state index contributed by atoms with van der Waals surface area (Å²) < 4.78 is 4.17. The summed E-state index contributed by atoms with van der Waals surface area (Å²) in [5.74, 6) is 0.464. The Kier molecular flexibility index (Phi) is 5.23. The van der Waals surface area contributed by atoms with Crippen molar-refractivity contribution in [1.82, 2.24) is 24.1 Å². The highest BCUT2D eigenvalue weighted by molar-refractivity contribution is 5.88. The molecule has 1 aromatic carbocycles. The zero-order valence-electron chi connectivity index (χ0n) is 17.7. The molecule has 5 aromatic rings. The normalized spacial score (nSPS) is 12.0. The predicted molar refractivity (Wildman–Crippen MR) is 122 cm³/mol. The number of aryl methyl sites for hydroxylation is 1. The maximum absolute atomic E-state index is 6.08. The Bertz CT molecular complexity index is 1300. The van der Waals surface area contributed by atoms with Crippen LogP contribution in [0, 0.1) is 6.92 Å². The largest absolute Gasteiger partial charge is 0.383 e. The third-order valence-corrected chi connectivity index (χ3v) is 5.27. The van der Waals surface area contributed by atoms with Gasteiger partial charge >= 0.3 is 0 Å². The van der Waals surface area contributed by atoms with Gasteiger partial charge in [-0.1, -0.05) is 50.2 Å². The molecule has 0 radical (unpaired) electrons. The molecule has 0 aliphatic rings. The van der Waals surface area contributed by atoms with E-state index in [1.807, 2.05) is 31.5 Å². The van der Waals surface area contributed by atoms with Gasteiger partial charge in [-0.2, -0.15) is 5.10 Å². The number of benzene rings is 1. The summed E-state index contributed by atoms with van der Waals surface area (Å²) in [5.41, 5.74) is 12.3. The summed E-state index contributed by atoms with van der Waals surface area (Å²) >= 11 is 0. The number of fused-ring (bicyclic) bond motifs is 2. The summed E-state index contributed by atoms with van der Waals surface area (Å²) in [6, 6.07) is 18.9. The highest BCUT2D eigenvalue weighted by Crippen LogP contribution is 2.35. The SMILES string of the molecule is CC.Cc1nn(C(C)c2cc3ccccn3c2-c2ccccc2)c2ncnc(N)c12. The fraction of sp³-hybridized carbons (Fsp3) is 0.208. The molecule has 0 bridgehead atoms. The molecule has 6 heteroatoms. The minimum atomic E-state index is -0.0272. The van der Waals surface area contributed by atoms with Crippen LogP contribution in [-0.2, 0) is 0 Å². The fourth-order valence-electron chi connectivity index (χ4n) is 3.94. The lowest BCUT2D eigenvalue weighted by Gasteiger charge is -2.15. The number of nitrogens with zero attached hydrogens (tertiary/aromatic N) is 5. The highest BCUT2D eigenvalue weighted by atomic mass is 15.3. The smallest absolute Gasteiger partial charge is 0.164 e. The van der Waals surface area contributed by atoms with Crippen molar-refractivity contribution in [3.05, 3.63) is 78.4 Å². The van der Waals surface area contributed by atoms with Crippen LogP contribution in [0.1, 0.15) is 38.1 Å². The number of pyridine rings is 1. The zero-order valence-corrected chi connectivity index (χ0v) is 17.7. The molecule has 152 valence electrons. The van der Waals surface area contributed by atoms with Crippen molar-refractivity contribution in [3.63, 3.8) is 0 Å². The number of hydrogen-bond donors (Lipinski definition) is 1. The first-order chi connectivity index (χ1) is 14.6. The monoisotopic (exact) mass is 398 g/mol. The third kappa shape index (κ3) is 3.10. The van der Waals surface area contributed by atoms with Crippen LogP contribution in [-0.4, -0.2) is 24.1 Å². The zero-order chi connectivity index (χ0) is 21.3. The molecule has 1 atom stereocenters. The summed E-state index contributed by atoms with van der Waals surface area (Å²) in [7, 11) is 0. The summed E-state index contributed by atoms with van der Waals surface area (Å²) in [6.07, 6.45) is 3.59. The van der Waals surface area contributed by atoms with Crippen molar-refractivity contribution in [1.29, 1.82) is 0 Å². The minimum absolute atomic E-state index is 0.0272. The summed E-state index contributed by atoms with van der Waals surface area (Å²) in [5, 5.41) is 5.58. The molecule has 0 amide bonds. The molecular formula is C24H26N6. The molecule has 0 saturated carbocycles. The van der Waals surface area contributed by atoms with Crippen molar-refractivity contribution in [2.45, 2.75) is 33.7 Å². The van der Waals surface area contributed by atoms with E-state index in [1.165, 1.54) is 11.9 Å². The molecule has 1 unspecified atom stereocenters. The Morgan fingerprint density at radius 1 is 0.967 bits per heavy atom. The second-order valence-electron chi connectivity index (χ2n) is 6.97. The van der Waals surface area contributed by atoms with Gasteiger partial charge in [0.1, 0.15) is 12.1 Å². The number of rotatable bonds is 3. The first kappa shape index (κ1) is 19.6. The van der Waals surface area contributed by atoms with Crippen molar-refractivity contribution in [2.75, 3.05) is 5.73 Å². The van der Waals surface area contributed by atoms with Crippen LogP contribution in [0.3, 0.4) is 0 Å². The number of nitrogen functional groups attached to an aromatic ring is 1. The minimum Gasteiger partial charge on any atom is -0.383 e. The van der Waals surface area contributed by atoms with Gasteiger partial charge in [0, 0.05) is 17.3 Å². The van der Waals surface area contributed by atoms with Crippen LogP contribution in [0.4, 0.5) is 5.82 Å². The van der Waals surface area contributed by atoms with Gasteiger partial charge in [-0.3, -0.25) is 0 Å². The second-order valence-corrected chi connectivity index (χ2v) is 6.97. The first-order valence-electron chi connectivity index (χ1n) is 10.3. The van der Waals surface area contributed by atoms with Crippen LogP contribution in [0.15, 0.2) is 67.1 Å².